The van der Waals surface area contributed by atoms with Crippen LogP contribution in [-0.4, -0.2) is 28.8 Å². The maximum absolute atomic E-state index is 12.7. The Bertz CT molecular complexity index is 837. The van der Waals surface area contributed by atoms with Gasteiger partial charge in [0.15, 0.2) is 5.17 Å². The number of rotatable bonds is 6. The molecule has 1 heterocycles. The van der Waals surface area contributed by atoms with Crippen molar-refractivity contribution in [2.24, 2.45) is 10.7 Å². The van der Waals surface area contributed by atoms with Crippen LogP contribution in [0.25, 0.3) is 0 Å². The molecule has 2 aromatic carbocycles. The third-order valence-corrected chi connectivity index (χ3v) is 4.92. The van der Waals surface area contributed by atoms with Gasteiger partial charge in [0, 0.05) is 6.42 Å². The first-order chi connectivity index (χ1) is 13.1. The maximum atomic E-state index is 12.7. The fraction of sp³-hybridized carbons (Fsp3) is 0.250. The normalized spacial score (nSPS) is 17.4. The van der Waals surface area contributed by atoms with E-state index in [4.69, 9.17) is 10.5 Å². The number of aliphatic imine (C=N–C) groups is 1. The van der Waals surface area contributed by atoms with Gasteiger partial charge in [-0.15, -0.1) is 0 Å². The zero-order valence-corrected chi connectivity index (χ0v) is 15.8. The largest absolute Gasteiger partial charge is 0.494 e. The molecule has 27 heavy (non-hydrogen) atoms. The molecule has 0 radical (unpaired) electrons. The molecule has 1 atom stereocenters. The minimum atomic E-state index is -0.569. The van der Waals surface area contributed by atoms with E-state index in [1.807, 2.05) is 37.3 Å². The Hall–Kier alpha value is -2.80. The number of benzene rings is 2. The van der Waals surface area contributed by atoms with Gasteiger partial charge in [-0.2, -0.15) is 0 Å². The fourth-order valence-corrected chi connectivity index (χ4v) is 3.56. The van der Waals surface area contributed by atoms with E-state index in [1.54, 1.807) is 24.3 Å². The predicted molar refractivity (Wildman–Crippen MR) is 108 cm³/mol. The van der Waals surface area contributed by atoms with Crippen LogP contribution in [-0.2, 0) is 9.59 Å². The minimum Gasteiger partial charge on any atom is -0.494 e. The van der Waals surface area contributed by atoms with Crippen molar-refractivity contribution < 1.29 is 14.3 Å². The van der Waals surface area contributed by atoms with Crippen LogP contribution in [0.2, 0.25) is 0 Å². The van der Waals surface area contributed by atoms with E-state index in [-0.39, 0.29) is 23.4 Å². The zero-order valence-electron chi connectivity index (χ0n) is 15.0. The van der Waals surface area contributed by atoms with Gasteiger partial charge < -0.3 is 10.5 Å². The number of hydrogen-bond donors (Lipinski definition) is 1. The summed E-state index contributed by atoms with van der Waals surface area (Å²) in [6.07, 6.45) is 1.01. The molecule has 0 unspecified atom stereocenters. The van der Waals surface area contributed by atoms with Gasteiger partial charge in [0.2, 0.25) is 11.8 Å². The summed E-state index contributed by atoms with van der Waals surface area (Å²) in [5.41, 5.74) is 7.20. The topological polar surface area (TPSA) is 85.0 Å². The zero-order chi connectivity index (χ0) is 19.2. The molecular weight excluding hydrogens is 362 g/mol. The Kier molecular flexibility index (Phi) is 6.13. The van der Waals surface area contributed by atoms with Gasteiger partial charge in [0.1, 0.15) is 11.0 Å². The van der Waals surface area contributed by atoms with E-state index < -0.39 is 5.25 Å². The Morgan fingerprint density at radius 2 is 1.89 bits per heavy atom. The number of anilines is 1. The summed E-state index contributed by atoms with van der Waals surface area (Å²) in [6.45, 7) is 2.65. The van der Waals surface area contributed by atoms with Crippen molar-refractivity contribution in [2.45, 2.75) is 25.0 Å². The summed E-state index contributed by atoms with van der Waals surface area (Å²) in [4.78, 5) is 30.6. The lowest BCUT2D eigenvalue weighted by Gasteiger charge is -2.15. The number of para-hydroxylation sites is 1. The molecule has 1 aliphatic heterocycles. The van der Waals surface area contributed by atoms with Crippen molar-refractivity contribution in [3.8, 4) is 5.75 Å². The molecule has 0 spiro atoms. The van der Waals surface area contributed by atoms with Crippen molar-refractivity contribution >= 4 is 40.1 Å². The number of nitrogens with two attached hydrogens (primary N) is 1. The van der Waals surface area contributed by atoms with Crippen molar-refractivity contribution in [1.29, 1.82) is 0 Å². The van der Waals surface area contributed by atoms with Crippen molar-refractivity contribution in [3.05, 3.63) is 54.6 Å². The van der Waals surface area contributed by atoms with Crippen LogP contribution in [0, 0.1) is 0 Å². The van der Waals surface area contributed by atoms with Gasteiger partial charge in [-0.3, -0.25) is 9.59 Å². The number of amides is 2. The molecule has 1 fully saturated rings. The van der Waals surface area contributed by atoms with Crippen LogP contribution in [0.1, 0.15) is 19.8 Å². The van der Waals surface area contributed by atoms with E-state index in [1.165, 1.54) is 4.90 Å². The lowest BCUT2D eigenvalue weighted by Crippen LogP contribution is -2.31. The molecule has 140 valence electrons. The first-order valence-corrected chi connectivity index (χ1v) is 9.62. The molecule has 1 saturated heterocycles. The minimum absolute atomic E-state index is 0.0998. The summed E-state index contributed by atoms with van der Waals surface area (Å²) >= 11 is 1.12. The van der Waals surface area contributed by atoms with Gasteiger partial charge >= 0.3 is 0 Å². The molecule has 6 nitrogen and oxygen atoms in total. The van der Waals surface area contributed by atoms with Gasteiger partial charge in [-0.1, -0.05) is 36.9 Å². The monoisotopic (exact) mass is 383 g/mol. The Morgan fingerprint density at radius 3 is 2.56 bits per heavy atom. The lowest BCUT2D eigenvalue weighted by atomic mass is 10.3. The highest BCUT2D eigenvalue weighted by Crippen LogP contribution is 2.31. The van der Waals surface area contributed by atoms with Crippen LogP contribution in [0.5, 0.6) is 5.75 Å². The van der Waals surface area contributed by atoms with Crippen molar-refractivity contribution in [1.82, 2.24) is 0 Å². The molecule has 2 amide bonds. The van der Waals surface area contributed by atoms with E-state index >= 15 is 0 Å². The second kappa shape index (κ2) is 8.73. The van der Waals surface area contributed by atoms with Gasteiger partial charge in [0.25, 0.3) is 0 Å². The van der Waals surface area contributed by atoms with E-state index in [0.29, 0.717) is 23.7 Å². The molecule has 1 aliphatic rings. The summed E-state index contributed by atoms with van der Waals surface area (Å²) in [7, 11) is 0. The number of carbonyl (C=O) groups is 2. The Labute approximate surface area is 162 Å². The quantitative estimate of drug-likeness (QED) is 0.469. The Morgan fingerprint density at radius 1 is 1.19 bits per heavy atom. The van der Waals surface area contributed by atoms with Crippen LogP contribution >= 0.6 is 11.8 Å². The molecule has 0 aliphatic carbocycles. The third kappa shape index (κ3) is 4.68. The van der Waals surface area contributed by atoms with Crippen LogP contribution in [0.3, 0.4) is 0 Å². The highest BCUT2D eigenvalue weighted by atomic mass is 32.2. The maximum Gasteiger partial charge on any atom is 0.247 e. The summed E-state index contributed by atoms with van der Waals surface area (Å²) in [5.74, 6) is 0.190. The van der Waals surface area contributed by atoms with Crippen molar-refractivity contribution in [2.75, 3.05) is 11.5 Å². The van der Waals surface area contributed by atoms with Crippen molar-refractivity contribution in [3.63, 3.8) is 0 Å². The lowest BCUT2D eigenvalue weighted by molar-refractivity contribution is -0.121. The first kappa shape index (κ1) is 19.0. The molecule has 7 heteroatoms. The molecular formula is C20H21N3O3S. The average molecular weight is 383 g/mol. The number of hydrogen-bond acceptors (Lipinski definition) is 5. The highest BCUT2D eigenvalue weighted by molar-refractivity contribution is 8.15. The van der Waals surface area contributed by atoms with E-state index in [0.717, 1.165) is 18.2 Å². The molecule has 0 bridgehead atoms. The highest BCUT2D eigenvalue weighted by Gasteiger charge is 2.40. The number of carbonyl (C=O) groups excluding carboxylic acids is 2. The summed E-state index contributed by atoms with van der Waals surface area (Å²) in [5, 5.41) is -0.307. The molecule has 0 saturated carbocycles. The summed E-state index contributed by atoms with van der Waals surface area (Å²) < 4.78 is 5.53. The van der Waals surface area contributed by atoms with E-state index in [2.05, 4.69) is 4.99 Å². The number of nitrogens with zero attached hydrogens (tertiary/aromatic N) is 2. The molecule has 2 aromatic rings. The fourth-order valence-electron chi connectivity index (χ4n) is 2.68. The number of thioether (sulfide) groups is 1. The van der Waals surface area contributed by atoms with Gasteiger partial charge in [-0.05, 0) is 42.8 Å². The molecule has 0 aromatic heterocycles. The predicted octanol–water partition coefficient (Wildman–Crippen LogP) is 3.49. The molecule has 2 N–H and O–H groups in total. The van der Waals surface area contributed by atoms with Gasteiger partial charge in [-0.25, -0.2) is 9.89 Å². The van der Waals surface area contributed by atoms with Crippen LogP contribution in [0.15, 0.2) is 59.6 Å². The van der Waals surface area contributed by atoms with Crippen LogP contribution < -0.4 is 15.4 Å². The molecule has 3 rings (SSSR count). The van der Waals surface area contributed by atoms with Gasteiger partial charge in [0.05, 0.1) is 18.0 Å². The smallest absolute Gasteiger partial charge is 0.247 e. The first-order valence-electron chi connectivity index (χ1n) is 8.74. The third-order valence-electron chi connectivity index (χ3n) is 3.93. The number of amidine groups is 1. The SMILES string of the molecule is CCCOc1ccc(N2C(=O)C[C@H](SC(N)=Nc3ccccc3)C2=O)cc1. The Balaban J connectivity index is 1.68. The summed E-state index contributed by atoms with van der Waals surface area (Å²) in [6, 6.07) is 16.2. The second-order valence-electron chi connectivity index (χ2n) is 6.01. The average Bonchev–Trinajstić information content (AvgIpc) is 2.94. The number of ether oxygens (including phenoxy) is 1. The second-order valence-corrected chi connectivity index (χ2v) is 7.23. The standard InChI is InChI=1S/C20H21N3O3S/c1-2-12-26-16-10-8-15(9-11-16)23-18(24)13-17(19(23)25)27-20(21)22-14-6-4-3-5-7-14/h3-11,17H,2,12-13H2,1H3,(H2,21,22)/t17-/m0/s1. The van der Waals surface area contributed by atoms with Crippen LogP contribution in [0.4, 0.5) is 11.4 Å². The number of imide groups is 1. The van der Waals surface area contributed by atoms with E-state index in [9.17, 15) is 9.59 Å².